The zero-order valence-corrected chi connectivity index (χ0v) is 31.8. The van der Waals surface area contributed by atoms with E-state index in [1.54, 1.807) is 11.9 Å². The number of anilines is 2. The number of hydrogen-bond donors (Lipinski definition) is 2. The smallest absolute Gasteiger partial charge is 0.418 e. The molecule has 0 aromatic heterocycles. The van der Waals surface area contributed by atoms with Crippen molar-refractivity contribution < 1.29 is 41.8 Å². The number of esters is 1. The highest BCUT2D eigenvalue weighted by molar-refractivity contribution is 6.33. The van der Waals surface area contributed by atoms with Gasteiger partial charge in [-0.15, -0.1) is 0 Å². The zero-order valence-electron chi connectivity index (χ0n) is 31.0. The molecule has 2 fully saturated rings. The van der Waals surface area contributed by atoms with Crippen molar-refractivity contribution in [3.8, 4) is 0 Å². The lowest BCUT2D eigenvalue weighted by atomic mass is 9.83. The molecule has 0 saturated carbocycles. The van der Waals surface area contributed by atoms with Gasteiger partial charge in [0.1, 0.15) is 0 Å². The molecule has 3 aliphatic rings. The summed E-state index contributed by atoms with van der Waals surface area (Å²) in [7, 11) is 2.95. The maximum absolute atomic E-state index is 13.9. The maximum atomic E-state index is 13.9. The number of ether oxygens (including phenoxy) is 2. The van der Waals surface area contributed by atoms with Crippen LogP contribution in [0.25, 0.3) is 0 Å². The van der Waals surface area contributed by atoms with E-state index in [2.05, 4.69) is 17.1 Å². The first-order valence-corrected chi connectivity index (χ1v) is 18.8. The number of benzene rings is 2. The van der Waals surface area contributed by atoms with Crippen LogP contribution in [0.15, 0.2) is 36.4 Å². The summed E-state index contributed by atoms with van der Waals surface area (Å²) in [5, 5.41) is 2.66. The fourth-order valence-electron chi connectivity index (χ4n) is 7.63. The molecule has 2 aromatic carbocycles. The van der Waals surface area contributed by atoms with Gasteiger partial charge in [0, 0.05) is 51.4 Å². The summed E-state index contributed by atoms with van der Waals surface area (Å²) in [6, 6.07) is 9.42. The van der Waals surface area contributed by atoms with E-state index in [0.717, 1.165) is 43.2 Å². The normalized spacial score (nSPS) is 18.6. The second-order valence-corrected chi connectivity index (χ2v) is 15.0. The Morgan fingerprint density at radius 2 is 1.74 bits per heavy atom. The number of halogens is 4. The van der Waals surface area contributed by atoms with Gasteiger partial charge in [-0.2, -0.15) is 13.2 Å². The van der Waals surface area contributed by atoms with Crippen LogP contribution in [-0.4, -0.2) is 116 Å². The molecule has 2 atom stereocenters. The topological polar surface area (TPSA) is 138 Å². The number of piperidine rings is 2. The molecule has 0 bridgehead atoms. The van der Waals surface area contributed by atoms with Crippen LogP contribution in [0.4, 0.5) is 34.1 Å². The molecule has 54 heavy (non-hydrogen) atoms. The summed E-state index contributed by atoms with van der Waals surface area (Å²) in [5.74, 6) is -0.202. The lowest BCUT2D eigenvalue weighted by molar-refractivity contribution is -0.142. The lowest BCUT2D eigenvalue weighted by Crippen LogP contribution is -2.51. The minimum absolute atomic E-state index is 0.0417. The van der Waals surface area contributed by atoms with Crippen molar-refractivity contribution in [1.82, 2.24) is 19.6 Å². The fraction of sp³-hybridized carbons (Fsp3) is 0.579. The molecule has 2 saturated heterocycles. The average Bonchev–Trinajstić information content (AvgIpc) is 3.32. The predicted molar refractivity (Wildman–Crippen MR) is 198 cm³/mol. The number of para-hydroxylation sites is 1. The Morgan fingerprint density at radius 1 is 1.06 bits per heavy atom. The highest BCUT2D eigenvalue weighted by Gasteiger charge is 2.37. The number of carbonyl (C=O) groups is 4. The number of nitrogens with one attached hydrogen (secondary N) is 1. The Kier molecular flexibility index (Phi) is 13.6. The van der Waals surface area contributed by atoms with Crippen LogP contribution in [0.3, 0.4) is 0 Å². The van der Waals surface area contributed by atoms with E-state index in [9.17, 15) is 32.3 Å². The highest BCUT2D eigenvalue weighted by Crippen LogP contribution is 2.38. The Bertz CT molecular complexity index is 1660. The minimum Gasteiger partial charge on any atom is -0.468 e. The van der Waals surface area contributed by atoms with Gasteiger partial charge in [-0.3, -0.25) is 14.5 Å². The number of amides is 4. The van der Waals surface area contributed by atoms with Crippen molar-refractivity contribution in [2.24, 2.45) is 11.8 Å². The minimum atomic E-state index is -4.79. The second-order valence-electron chi connectivity index (χ2n) is 14.6. The number of nitrogens with two attached hydrogens (primary N) is 1. The fourth-order valence-corrected chi connectivity index (χ4v) is 7.87. The van der Waals surface area contributed by atoms with Crippen molar-refractivity contribution in [2.45, 2.75) is 70.2 Å². The van der Waals surface area contributed by atoms with Crippen LogP contribution in [0, 0.1) is 11.8 Å². The van der Waals surface area contributed by atoms with Crippen molar-refractivity contribution in [3.63, 3.8) is 0 Å². The first-order valence-electron chi connectivity index (χ1n) is 18.4. The first-order chi connectivity index (χ1) is 25.6. The highest BCUT2D eigenvalue weighted by atomic mass is 35.5. The Morgan fingerprint density at radius 3 is 2.41 bits per heavy atom. The molecule has 296 valence electrons. The molecule has 0 spiro atoms. The van der Waals surface area contributed by atoms with Crippen LogP contribution < -0.4 is 11.1 Å². The van der Waals surface area contributed by atoms with E-state index in [0.29, 0.717) is 44.7 Å². The van der Waals surface area contributed by atoms with E-state index in [-0.39, 0.29) is 60.6 Å². The average molecular weight is 779 g/mol. The third kappa shape index (κ3) is 10.3. The number of nitrogen functional groups attached to an aromatic ring is 1. The Labute approximate surface area is 319 Å². The van der Waals surface area contributed by atoms with Gasteiger partial charge in [-0.1, -0.05) is 36.7 Å². The quantitative estimate of drug-likeness (QED) is 0.212. The summed E-state index contributed by atoms with van der Waals surface area (Å²) in [4.78, 5) is 59.0. The predicted octanol–water partition coefficient (Wildman–Crippen LogP) is 5.91. The SMILES string of the molecule is COC(=O)CN1CCC(C(C)CCN(C)C(=O)[C@@H](Cc2cc(Cl)c(N)c(C(F)(F)F)c2)OC(=O)N2CCC(N3CCc4ccccc4NC3=O)CC2)CC1. The molecule has 16 heteroatoms. The molecule has 3 N–H and O–H groups in total. The number of likely N-dealkylation sites (tertiary alicyclic amines) is 2. The number of hydrogen-bond acceptors (Lipinski definition) is 8. The largest absolute Gasteiger partial charge is 0.468 e. The number of fused-ring (bicyclic) bond motifs is 1. The van der Waals surface area contributed by atoms with Gasteiger partial charge in [0.05, 0.1) is 29.9 Å². The number of urea groups is 1. The number of carbonyl (C=O) groups excluding carboxylic acids is 4. The van der Waals surface area contributed by atoms with Gasteiger partial charge in [-0.25, -0.2) is 9.59 Å². The van der Waals surface area contributed by atoms with Gasteiger partial charge >= 0.3 is 24.3 Å². The Balaban J connectivity index is 1.22. The summed E-state index contributed by atoms with van der Waals surface area (Å²) in [6.07, 6.45) is -3.25. The van der Waals surface area contributed by atoms with Gasteiger partial charge in [0.2, 0.25) is 0 Å². The van der Waals surface area contributed by atoms with Gasteiger partial charge in [-0.05, 0) is 92.8 Å². The number of rotatable bonds is 11. The maximum Gasteiger partial charge on any atom is 0.418 e. The molecule has 5 rings (SSSR count). The number of nitrogens with zero attached hydrogens (tertiary/aromatic N) is 4. The monoisotopic (exact) mass is 778 g/mol. The second kappa shape index (κ2) is 17.9. The van der Waals surface area contributed by atoms with E-state index < -0.39 is 35.5 Å². The zero-order chi connectivity index (χ0) is 39.2. The van der Waals surface area contributed by atoms with E-state index in [4.69, 9.17) is 26.8 Å². The Hall–Kier alpha value is -4.24. The third-order valence-corrected chi connectivity index (χ3v) is 11.4. The molecule has 0 aliphatic carbocycles. The first kappa shape index (κ1) is 40.9. The van der Waals surface area contributed by atoms with Crippen molar-refractivity contribution in [2.75, 3.05) is 71.0 Å². The molecule has 3 aliphatic heterocycles. The molecule has 3 heterocycles. The summed E-state index contributed by atoms with van der Waals surface area (Å²) in [6.45, 7) is 5.27. The molecule has 0 radical (unpaired) electrons. The molecule has 4 amide bonds. The summed E-state index contributed by atoms with van der Waals surface area (Å²) >= 11 is 6.11. The van der Waals surface area contributed by atoms with Crippen LogP contribution in [0.2, 0.25) is 5.02 Å². The van der Waals surface area contributed by atoms with E-state index >= 15 is 0 Å². The molecular weight excluding hydrogens is 729 g/mol. The van der Waals surface area contributed by atoms with E-state index in [1.165, 1.54) is 23.0 Å². The molecule has 12 nitrogen and oxygen atoms in total. The molecular formula is C38H50ClF3N6O6. The standard InChI is InChI=1S/C38H50ClF3N6O6/c1-24(26-9-15-46(16-10-26)23-33(49)53-3)8-14-45(2)35(50)32(22-25-20-29(38(40,41)42)34(43)30(39)21-25)54-37(52)47-17-12-28(13-18-47)48-19-11-27-6-4-5-7-31(27)44-36(48)51/h4-7,20-21,24,26,28,32H,8-19,22-23,43H2,1-3H3,(H,44,51)/t24?,32-/m1/s1. The van der Waals surface area contributed by atoms with Gasteiger partial charge in [0.25, 0.3) is 5.91 Å². The summed E-state index contributed by atoms with van der Waals surface area (Å²) in [5.41, 5.74) is 5.76. The van der Waals surface area contributed by atoms with Gasteiger partial charge < -0.3 is 35.2 Å². The number of likely N-dealkylation sites (N-methyl/N-ethyl adjacent to an activating group) is 1. The number of methoxy groups -OCH3 is 1. The van der Waals surface area contributed by atoms with Crippen LogP contribution >= 0.6 is 11.6 Å². The van der Waals surface area contributed by atoms with Crippen LogP contribution in [0.5, 0.6) is 0 Å². The van der Waals surface area contributed by atoms with Crippen LogP contribution in [-0.2, 0) is 38.1 Å². The van der Waals surface area contributed by atoms with Crippen LogP contribution in [0.1, 0.15) is 55.7 Å². The van der Waals surface area contributed by atoms with Gasteiger partial charge in [0.15, 0.2) is 6.10 Å². The van der Waals surface area contributed by atoms with Crippen molar-refractivity contribution in [3.05, 3.63) is 58.1 Å². The number of alkyl halides is 3. The summed E-state index contributed by atoms with van der Waals surface area (Å²) < 4.78 is 52.1. The van der Waals surface area contributed by atoms with E-state index in [1.807, 2.05) is 24.3 Å². The third-order valence-electron chi connectivity index (χ3n) is 11.1. The molecule has 1 unspecified atom stereocenters. The van der Waals surface area contributed by atoms with Crippen molar-refractivity contribution in [1.29, 1.82) is 0 Å². The van der Waals surface area contributed by atoms with Crippen molar-refractivity contribution >= 4 is 47.0 Å². The lowest BCUT2D eigenvalue weighted by Gasteiger charge is -2.38. The molecule has 2 aromatic rings.